The van der Waals surface area contributed by atoms with E-state index in [1.807, 2.05) is 0 Å². The minimum Gasteiger partial charge on any atom is -0.318 e. The lowest BCUT2D eigenvalue weighted by Gasteiger charge is -2.59. The Labute approximate surface area is 187 Å². The van der Waals surface area contributed by atoms with Gasteiger partial charge in [-0.05, 0) is 73.7 Å². The van der Waals surface area contributed by atoms with Gasteiger partial charge < -0.3 is 9.80 Å². The van der Waals surface area contributed by atoms with Gasteiger partial charge >= 0.3 is 0 Å². The fraction of sp³-hybridized carbons (Fsp3) is 0.379. The summed E-state index contributed by atoms with van der Waals surface area (Å²) in [5.41, 5.74) is 9.56. The van der Waals surface area contributed by atoms with Crippen LogP contribution in [0.5, 0.6) is 0 Å². The number of para-hydroxylation sites is 3. The molecule has 0 saturated carbocycles. The van der Waals surface area contributed by atoms with Crippen molar-refractivity contribution < 1.29 is 0 Å². The second kappa shape index (κ2) is 6.88. The summed E-state index contributed by atoms with van der Waals surface area (Å²) < 4.78 is 0. The number of nitrogens with zero attached hydrogens (tertiary/aromatic N) is 2. The van der Waals surface area contributed by atoms with Crippen LogP contribution in [0.15, 0.2) is 66.7 Å². The molecule has 0 N–H and O–H groups in total. The molecular formula is C29H34N2. The van der Waals surface area contributed by atoms with E-state index < -0.39 is 0 Å². The third-order valence-electron chi connectivity index (χ3n) is 8.40. The first kappa shape index (κ1) is 20.2. The molecule has 0 bridgehead atoms. The summed E-state index contributed by atoms with van der Waals surface area (Å²) in [5.74, 6) is 0. The lowest BCUT2D eigenvalue weighted by Crippen LogP contribution is -2.62. The number of rotatable bonds is 3. The molecule has 0 aromatic heterocycles. The van der Waals surface area contributed by atoms with Crippen LogP contribution < -0.4 is 9.80 Å². The van der Waals surface area contributed by atoms with Crippen LogP contribution in [0.3, 0.4) is 0 Å². The van der Waals surface area contributed by atoms with E-state index in [1.165, 1.54) is 39.4 Å². The Morgan fingerprint density at radius 2 is 1.26 bits per heavy atom. The van der Waals surface area contributed by atoms with E-state index in [4.69, 9.17) is 0 Å². The summed E-state index contributed by atoms with van der Waals surface area (Å²) in [5, 5.41) is 0. The Balaban J connectivity index is 1.86. The first-order valence-electron chi connectivity index (χ1n) is 11.7. The highest BCUT2D eigenvalue weighted by Gasteiger charge is 2.60. The average molecular weight is 411 g/mol. The van der Waals surface area contributed by atoms with Gasteiger partial charge in [-0.2, -0.15) is 0 Å². The number of anilines is 4. The fourth-order valence-corrected chi connectivity index (χ4v) is 6.36. The molecule has 2 heteroatoms. The SMILES string of the molecule is CCC1(C)c2ccccc2N2c3ccccc3N(c3cc(C)cc(C)c3)C2C1(C)CC. The van der Waals surface area contributed by atoms with Gasteiger partial charge in [-0.3, -0.25) is 0 Å². The van der Waals surface area contributed by atoms with Crippen LogP contribution in [0.25, 0.3) is 0 Å². The Hall–Kier alpha value is -2.74. The van der Waals surface area contributed by atoms with E-state index >= 15 is 0 Å². The molecule has 2 aliphatic rings. The molecule has 0 saturated heterocycles. The smallest absolute Gasteiger partial charge is 0.117 e. The predicted octanol–water partition coefficient (Wildman–Crippen LogP) is 8.02. The van der Waals surface area contributed by atoms with Crippen molar-refractivity contribution >= 4 is 22.7 Å². The zero-order valence-corrected chi connectivity index (χ0v) is 19.7. The zero-order chi connectivity index (χ0) is 22.0. The predicted molar refractivity (Wildman–Crippen MR) is 133 cm³/mol. The second-order valence-corrected chi connectivity index (χ2v) is 9.92. The molecule has 0 fully saturated rings. The quantitative estimate of drug-likeness (QED) is 0.431. The van der Waals surface area contributed by atoms with Gasteiger partial charge in [-0.1, -0.05) is 64.1 Å². The second-order valence-electron chi connectivity index (χ2n) is 9.92. The summed E-state index contributed by atoms with van der Waals surface area (Å²) in [7, 11) is 0. The molecule has 2 nitrogen and oxygen atoms in total. The maximum atomic E-state index is 2.63. The molecule has 3 unspecified atom stereocenters. The summed E-state index contributed by atoms with van der Waals surface area (Å²) in [4.78, 5) is 5.26. The minimum absolute atomic E-state index is 0.0623. The van der Waals surface area contributed by atoms with E-state index in [-0.39, 0.29) is 17.0 Å². The molecule has 2 aliphatic heterocycles. The van der Waals surface area contributed by atoms with E-state index in [0.29, 0.717) is 0 Å². The topological polar surface area (TPSA) is 6.48 Å². The van der Waals surface area contributed by atoms with Crippen molar-refractivity contribution in [3.05, 3.63) is 83.4 Å². The minimum atomic E-state index is 0.0623. The molecule has 2 heterocycles. The van der Waals surface area contributed by atoms with Crippen LogP contribution in [0, 0.1) is 19.3 Å². The summed E-state index contributed by atoms with van der Waals surface area (Å²) >= 11 is 0. The maximum absolute atomic E-state index is 2.63. The number of hydrogen-bond donors (Lipinski definition) is 0. The third kappa shape index (κ3) is 2.57. The van der Waals surface area contributed by atoms with Crippen molar-refractivity contribution in [2.75, 3.05) is 9.80 Å². The van der Waals surface area contributed by atoms with Gasteiger partial charge in [0.05, 0.1) is 11.4 Å². The number of fused-ring (bicyclic) bond motifs is 5. The van der Waals surface area contributed by atoms with Gasteiger partial charge in [-0.15, -0.1) is 0 Å². The molecule has 3 aromatic rings. The zero-order valence-electron chi connectivity index (χ0n) is 19.7. The monoisotopic (exact) mass is 410 g/mol. The standard InChI is InChI=1S/C29H34N2/c1-7-28(5)23-13-9-10-14-24(23)31-26-16-12-11-15-25(26)30(27(31)29(28,6)8-2)22-18-20(3)17-21(4)19-22/h9-19,27H,7-8H2,1-6H3. The summed E-state index contributed by atoms with van der Waals surface area (Å²) in [6.07, 6.45) is 2.47. The lowest BCUT2D eigenvalue weighted by molar-refractivity contribution is 0.0966. The molecule has 0 spiro atoms. The summed E-state index contributed by atoms with van der Waals surface area (Å²) in [6.45, 7) is 14.2. The van der Waals surface area contributed by atoms with Crippen LogP contribution >= 0.6 is 0 Å². The molecule has 3 aromatic carbocycles. The molecule has 0 aliphatic carbocycles. The van der Waals surface area contributed by atoms with Gasteiger partial charge in [0.2, 0.25) is 0 Å². The largest absolute Gasteiger partial charge is 0.318 e. The highest BCUT2D eigenvalue weighted by Crippen LogP contribution is 2.64. The van der Waals surface area contributed by atoms with Gasteiger partial charge in [0.25, 0.3) is 0 Å². The lowest BCUT2D eigenvalue weighted by atomic mass is 9.55. The highest BCUT2D eigenvalue weighted by molar-refractivity contribution is 5.91. The molecule has 31 heavy (non-hydrogen) atoms. The van der Waals surface area contributed by atoms with E-state index in [2.05, 4.69) is 118 Å². The average Bonchev–Trinajstić information content (AvgIpc) is 3.12. The molecule has 0 amide bonds. The van der Waals surface area contributed by atoms with Gasteiger partial charge in [0.15, 0.2) is 0 Å². The van der Waals surface area contributed by atoms with Crippen LogP contribution in [0.1, 0.15) is 57.2 Å². The maximum Gasteiger partial charge on any atom is 0.117 e. The first-order chi connectivity index (χ1) is 14.9. The van der Waals surface area contributed by atoms with Gasteiger partial charge in [0, 0.05) is 22.2 Å². The number of hydrogen-bond acceptors (Lipinski definition) is 2. The Morgan fingerprint density at radius 3 is 1.84 bits per heavy atom. The van der Waals surface area contributed by atoms with Crippen molar-refractivity contribution in [3.63, 3.8) is 0 Å². The van der Waals surface area contributed by atoms with Gasteiger partial charge in [-0.25, -0.2) is 0 Å². The molecule has 0 radical (unpaired) electrons. The Bertz CT molecular complexity index is 1130. The Kier molecular flexibility index (Phi) is 4.48. The van der Waals surface area contributed by atoms with Crippen molar-refractivity contribution in [1.82, 2.24) is 0 Å². The third-order valence-corrected chi connectivity index (χ3v) is 8.40. The van der Waals surface area contributed by atoms with Crippen molar-refractivity contribution in [2.45, 2.75) is 66.0 Å². The van der Waals surface area contributed by atoms with E-state index in [9.17, 15) is 0 Å². The molecule has 5 rings (SSSR count). The molecular weight excluding hydrogens is 376 g/mol. The van der Waals surface area contributed by atoms with Crippen LogP contribution in [-0.2, 0) is 5.41 Å². The van der Waals surface area contributed by atoms with Crippen molar-refractivity contribution in [2.24, 2.45) is 5.41 Å². The fourth-order valence-electron chi connectivity index (χ4n) is 6.36. The molecule has 3 atom stereocenters. The number of benzene rings is 3. The van der Waals surface area contributed by atoms with Crippen LogP contribution in [0.4, 0.5) is 22.7 Å². The van der Waals surface area contributed by atoms with Crippen molar-refractivity contribution in [3.8, 4) is 0 Å². The Morgan fingerprint density at radius 1 is 0.710 bits per heavy atom. The van der Waals surface area contributed by atoms with Gasteiger partial charge in [0.1, 0.15) is 6.17 Å². The first-order valence-corrected chi connectivity index (χ1v) is 11.7. The summed E-state index contributed by atoms with van der Waals surface area (Å²) in [6, 6.07) is 25.0. The van der Waals surface area contributed by atoms with Crippen LogP contribution in [0.2, 0.25) is 0 Å². The van der Waals surface area contributed by atoms with Crippen LogP contribution in [-0.4, -0.2) is 6.17 Å². The van der Waals surface area contributed by atoms with E-state index in [0.717, 1.165) is 12.8 Å². The number of aryl methyl sites for hydroxylation is 2. The highest BCUT2D eigenvalue weighted by atomic mass is 15.4. The van der Waals surface area contributed by atoms with Crippen molar-refractivity contribution in [1.29, 1.82) is 0 Å². The molecule has 160 valence electrons. The van der Waals surface area contributed by atoms with E-state index in [1.54, 1.807) is 0 Å². The normalized spacial score (nSPS) is 26.5.